The van der Waals surface area contributed by atoms with Crippen LogP contribution in [0, 0.1) is 0 Å². The monoisotopic (exact) mass is 248 g/mol. The van der Waals surface area contributed by atoms with Crippen LogP contribution in [0.15, 0.2) is 24.3 Å². The first kappa shape index (κ1) is 13.4. The molecule has 1 aromatic rings. The first-order valence-electron chi connectivity index (χ1n) is 6.74. The maximum atomic E-state index is 5.75. The van der Waals surface area contributed by atoms with Crippen molar-refractivity contribution in [2.24, 2.45) is 0 Å². The highest BCUT2D eigenvalue weighted by atomic mass is 16.5. The number of hydrogen-bond acceptors (Lipinski definition) is 3. The second-order valence-electron chi connectivity index (χ2n) is 5.75. The van der Waals surface area contributed by atoms with Crippen LogP contribution in [-0.2, 0) is 10.2 Å². The van der Waals surface area contributed by atoms with Gasteiger partial charge in [0.25, 0.3) is 0 Å². The molecule has 0 unspecified atom stereocenters. The summed E-state index contributed by atoms with van der Waals surface area (Å²) < 4.78 is 5.50. The standard InChI is InChI=1S/C15H24N2O/c1-15(2,13-4-6-14(16)7-5-13)12-17-8-3-10-18-11-9-17/h4-7H,3,8-12,16H2,1-2H3. The van der Waals surface area contributed by atoms with Crippen molar-refractivity contribution >= 4 is 5.69 Å². The van der Waals surface area contributed by atoms with E-state index in [0.29, 0.717) is 0 Å². The molecule has 18 heavy (non-hydrogen) atoms. The van der Waals surface area contributed by atoms with Crippen LogP contribution in [0.1, 0.15) is 25.8 Å². The Hall–Kier alpha value is -1.06. The molecule has 0 atom stereocenters. The van der Waals surface area contributed by atoms with Crippen LogP contribution in [0.5, 0.6) is 0 Å². The largest absolute Gasteiger partial charge is 0.399 e. The number of hydrogen-bond donors (Lipinski definition) is 1. The maximum absolute atomic E-state index is 5.75. The van der Waals surface area contributed by atoms with Crippen molar-refractivity contribution in [3.8, 4) is 0 Å². The maximum Gasteiger partial charge on any atom is 0.0593 e. The summed E-state index contributed by atoms with van der Waals surface area (Å²) in [6.07, 6.45) is 1.14. The van der Waals surface area contributed by atoms with Gasteiger partial charge in [0.05, 0.1) is 6.61 Å². The fourth-order valence-corrected chi connectivity index (χ4v) is 2.54. The van der Waals surface area contributed by atoms with Gasteiger partial charge in [0.1, 0.15) is 0 Å². The van der Waals surface area contributed by atoms with Crippen LogP contribution in [0.4, 0.5) is 5.69 Å². The minimum absolute atomic E-state index is 0.151. The Kier molecular flexibility index (Phi) is 4.25. The summed E-state index contributed by atoms with van der Waals surface area (Å²) in [5, 5.41) is 0. The zero-order valence-electron chi connectivity index (χ0n) is 11.5. The van der Waals surface area contributed by atoms with Crippen molar-refractivity contribution in [3.05, 3.63) is 29.8 Å². The number of nitrogen functional groups attached to an aromatic ring is 1. The van der Waals surface area contributed by atoms with Gasteiger partial charge in [-0.3, -0.25) is 0 Å². The molecule has 0 aliphatic carbocycles. The van der Waals surface area contributed by atoms with Gasteiger partial charge in [-0.15, -0.1) is 0 Å². The summed E-state index contributed by atoms with van der Waals surface area (Å²) in [5.74, 6) is 0. The zero-order chi connectivity index (χ0) is 13.0. The second kappa shape index (κ2) is 5.72. The lowest BCUT2D eigenvalue weighted by atomic mass is 9.84. The van der Waals surface area contributed by atoms with Crippen molar-refractivity contribution in [1.82, 2.24) is 4.90 Å². The van der Waals surface area contributed by atoms with Gasteiger partial charge in [-0.1, -0.05) is 26.0 Å². The molecule has 1 saturated heterocycles. The van der Waals surface area contributed by atoms with E-state index in [2.05, 4.69) is 30.9 Å². The SMILES string of the molecule is CC(C)(CN1CCCOCC1)c1ccc(N)cc1. The van der Waals surface area contributed by atoms with Crippen molar-refractivity contribution in [2.45, 2.75) is 25.7 Å². The first-order chi connectivity index (χ1) is 8.58. The van der Waals surface area contributed by atoms with E-state index in [-0.39, 0.29) is 5.41 Å². The van der Waals surface area contributed by atoms with Crippen LogP contribution in [-0.4, -0.2) is 37.7 Å². The van der Waals surface area contributed by atoms with E-state index >= 15 is 0 Å². The van der Waals surface area contributed by atoms with E-state index in [1.165, 1.54) is 5.56 Å². The highest BCUT2D eigenvalue weighted by Crippen LogP contribution is 2.25. The van der Waals surface area contributed by atoms with Gasteiger partial charge in [-0.25, -0.2) is 0 Å². The van der Waals surface area contributed by atoms with Gasteiger partial charge >= 0.3 is 0 Å². The summed E-state index contributed by atoms with van der Waals surface area (Å²) in [6.45, 7) is 9.60. The molecule has 2 rings (SSSR count). The van der Waals surface area contributed by atoms with E-state index in [1.54, 1.807) is 0 Å². The fourth-order valence-electron chi connectivity index (χ4n) is 2.54. The molecule has 1 aliphatic rings. The van der Waals surface area contributed by atoms with E-state index in [9.17, 15) is 0 Å². The molecule has 0 radical (unpaired) electrons. The van der Waals surface area contributed by atoms with Crippen LogP contribution in [0.25, 0.3) is 0 Å². The molecular formula is C15H24N2O. The predicted octanol–water partition coefficient (Wildman–Crippen LogP) is 2.27. The number of anilines is 1. The molecule has 1 aliphatic heterocycles. The number of ether oxygens (including phenoxy) is 1. The van der Waals surface area contributed by atoms with E-state index in [0.717, 1.165) is 45.0 Å². The van der Waals surface area contributed by atoms with Crippen molar-refractivity contribution < 1.29 is 4.74 Å². The number of rotatable bonds is 3. The molecule has 0 spiro atoms. The van der Waals surface area contributed by atoms with Crippen LogP contribution in [0.3, 0.4) is 0 Å². The molecule has 0 bridgehead atoms. The molecule has 2 N–H and O–H groups in total. The quantitative estimate of drug-likeness (QED) is 0.834. The lowest BCUT2D eigenvalue weighted by molar-refractivity contribution is 0.137. The normalized spacial score (nSPS) is 18.6. The molecule has 3 nitrogen and oxygen atoms in total. The second-order valence-corrected chi connectivity index (χ2v) is 5.75. The zero-order valence-corrected chi connectivity index (χ0v) is 11.5. The Balaban J connectivity index is 2.03. The average molecular weight is 248 g/mol. The van der Waals surface area contributed by atoms with Gasteiger partial charge in [0, 0.05) is 37.3 Å². The van der Waals surface area contributed by atoms with Gasteiger partial charge in [-0.2, -0.15) is 0 Å². The average Bonchev–Trinajstić information content (AvgIpc) is 2.57. The highest BCUT2D eigenvalue weighted by Gasteiger charge is 2.24. The van der Waals surface area contributed by atoms with E-state index in [1.807, 2.05) is 12.1 Å². The van der Waals surface area contributed by atoms with Gasteiger partial charge in [0.15, 0.2) is 0 Å². The van der Waals surface area contributed by atoms with Crippen molar-refractivity contribution in [3.63, 3.8) is 0 Å². The summed E-state index contributed by atoms with van der Waals surface area (Å²) >= 11 is 0. The number of benzene rings is 1. The summed E-state index contributed by atoms with van der Waals surface area (Å²) in [4.78, 5) is 2.50. The van der Waals surface area contributed by atoms with Crippen molar-refractivity contribution in [2.75, 3.05) is 38.6 Å². The smallest absolute Gasteiger partial charge is 0.0593 e. The Bertz CT molecular complexity index is 365. The van der Waals surface area contributed by atoms with Gasteiger partial charge in [0.2, 0.25) is 0 Å². The molecule has 1 aromatic carbocycles. The Labute approximate surface area is 110 Å². The molecule has 1 heterocycles. The highest BCUT2D eigenvalue weighted by molar-refractivity contribution is 5.41. The van der Waals surface area contributed by atoms with Gasteiger partial charge in [-0.05, 0) is 24.1 Å². The lowest BCUT2D eigenvalue weighted by Gasteiger charge is -2.32. The predicted molar refractivity (Wildman–Crippen MR) is 75.8 cm³/mol. The Morgan fingerprint density at radius 1 is 1.17 bits per heavy atom. The fraction of sp³-hybridized carbons (Fsp3) is 0.600. The molecule has 0 amide bonds. The molecule has 100 valence electrons. The molecular weight excluding hydrogens is 224 g/mol. The van der Waals surface area contributed by atoms with Crippen molar-refractivity contribution in [1.29, 1.82) is 0 Å². The molecule has 0 aromatic heterocycles. The lowest BCUT2D eigenvalue weighted by Crippen LogP contribution is -2.38. The van der Waals surface area contributed by atoms with Crippen LogP contribution < -0.4 is 5.73 Å². The third-order valence-corrected chi connectivity index (χ3v) is 3.63. The molecule has 1 fully saturated rings. The molecule has 0 saturated carbocycles. The summed E-state index contributed by atoms with van der Waals surface area (Å²) in [6, 6.07) is 8.26. The van der Waals surface area contributed by atoms with Gasteiger partial charge < -0.3 is 15.4 Å². The topological polar surface area (TPSA) is 38.5 Å². The Morgan fingerprint density at radius 2 is 1.89 bits per heavy atom. The third kappa shape index (κ3) is 3.47. The van der Waals surface area contributed by atoms with E-state index in [4.69, 9.17) is 10.5 Å². The molecule has 3 heteroatoms. The third-order valence-electron chi connectivity index (χ3n) is 3.63. The number of nitrogens with two attached hydrogens (primary N) is 1. The minimum atomic E-state index is 0.151. The number of nitrogens with zero attached hydrogens (tertiary/aromatic N) is 1. The van der Waals surface area contributed by atoms with Crippen LogP contribution >= 0.6 is 0 Å². The minimum Gasteiger partial charge on any atom is -0.399 e. The summed E-state index contributed by atoms with van der Waals surface area (Å²) in [7, 11) is 0. The van der Waals surface area contributed by atoms with Crippen LogP contribution in [0.2, 0.25) is 0 Å². The van der Waals surface area contributed by atoms with E-state index < -0.39 is 0 Å². The summed E-state index contributed by atoms with van der Waals surface area (Å²) in [5.41, 5.74) is 8.08. The first-order valence-corrected chi connectivity index (χ1v) is 6.74. The Morgan fingerprint density at radius 3 is 2.61 bits per heavy atom.